The number of carbonyl (C=O) groups is 2. The number of amides is 2. The summed E-state index contributed by atoms with van der Waals surface area (Å²) in [7, 11) is 0. The molecule has 0 unspecified atom stereocenters. The highest BCUT2D eigenvalue weighted by atomic mass is 16.5. The lowest BCUT2D eigenvalue weighted by molar-refractivity contribution is -0.123. The molecule has 0 spiro atoms. The van der Waals surface area contributed by atoms with E-state index in [4.69, 9.17) is 9.15 Å². The van der Waals surface area contributed by atoms with Crippen LogP contribution in [0.15, 0.2) is 47.1 Å². The Kier molecular flexibility index (Phi) is 4.61. The summed E-state index contributed by atoms with van der Waals surface area (Å²) in [5, 5.41) is 5.55. The van der Waals surface area contributed by atoms with Gasteiger partial charge in [0.15, 0.2) is 6.61 Å². The van der Waals surface area contributed by atoms with Crippen molar-refractivity contribution in [2.45, 2.75) is 19.4 Å². The molecule has 2 amide bonds. The molecule has 1 heterocycles. The molecule has 1 aromatic carbocycles. The summed E-state index contributed by atoms with van der Waals surface area (Å²) < 4.78 is 10.5. The third-order valence-electron chi connectivity index (χ3n) is 3.48. The van der Waals surface area contributed by atoms with E-state index in [1.54, 1.807) is 42.7 Å². The Hall–Kier alpha value is -2.76. The Balaban J connectivity index is 1.40. The number of benzene rings is 1. The molecule has 0 aliphatic heterocycles. The van der Waals surface area contributed by atoms with Crippen molar-refractivity contribution in [1.82, 2.24) is 5.32 Å². The van der Waals surface area contributed by atoms with Crippen molar-refractivity contribution in [1.29, 1.82) is 0 Å². The number of furan rings is 1. The Bertz CT molecular complexity index is 660. The number of carbonyl (C=O) groups excluding carboxylic acids is 2. The molecule has 1 aliphatic carbocycles. The van der Waals surface area contributed by atoms with Gasteiger partial charge in [-0.2, -0.15) is 0 Å². The van der Waals surface area contributed by atoms with E-state index < -0.39 is 0 Å². The van der Waals surface area contributed by atoms with Gasteiger partial charge < -0.3 is 19.8 Å². The fraction of sp³-hybridized carbons (Fsp3) is 0.294. The quantitative estimate of drug-likeness (QED) is 0.822. The summed E-state index contributed by atoms with van der Waals surface area (Å²) in [5.41, 5.74) is 0.733. The molecule has 0 saturated heterocycles. The number of anilines is 1. The van der Waals surface area contributed by atoms with Crippen molar-refractivity contribution in [3.05, 3.63) is 48.4 Å². The molecule has 0 atom stereocenters. The molecule has 2 aromatic rings. The second-order valence-electron chi connectivity index (χ2n) is 5.43. The number of nitrogens with one attached hydrogen (secondary N) is 2. The van der Waals surface area contributed by atoms with E-state index in [-0.39, 0.29) is 24.3 Å². The van der Waals surface area contributed by atoms with E-state index in [1.807, 2.05) is 0 Å². The first-order chi connectivity index (χ1) is 11.2. The molecule has 3 rings (SSSR count). The van der Waals surface area contributed by atoms with Gasteiger partial charge in [0, 0.05) is 11.6 Å². The zero-order chi connectivity index (χ0) is 16.1. The third-order valence-corrected chi connectivity index (χ3v) is 3.48. The van der Waals surface area contributed by atoms with E-state index in [2.05, 4.69) is 10.6 Å². The van der Waals surface area contributed by atoms with Gasteiger partial charge in [-0.1, -0.05) is 0 Å². The van der Waals surface area contributed by atoms with Crippen LogP contribution in [0.25, 0.3) is 0 Å². The van der Waals surface area contributed by atoms with Crippen molar-refractivity contribution >= 4 is 17.5 Å². The standard InChI is InChI=1S/C17H18N2O4/c20-16(18-10-15-2-1-9-22-15)11-23-14-7-5-13(6-8-14)19-17(21)12-3-4-12/h1-2,5-9,12H,3-4,10-11H2,(H,18,20)(H,19,21). The molecule has 0 radical (unpaired) electrons. The lowest BCUT2D eigenvalue weighted by atomic mass is 10.3. The molecular formula is C17H18N2O4. The highest BCUT2D eigenvalue weighted by Gasteiger charge is 2.29. The summed E-state index contributed by atoms with van der Waals surface area (Å²) in [6.45, 7) is 0.260. The first-order valence-electron chi connectivity index (χ1n) is 7.53. The van der Waals surface area contributed by atoms with E-state index in [0.29, 0.717) is 18.1 Å². The smallest absolute Gasteiger partial charge is 0.258 e. The summed E-state index contributed by atoms with van der Waals surface area (Å²) in [5.74, 6) is 1.27. The lowest BCUT2D eigenvalue weighted by Gasteiger charge is -2.08. The predicted octanol–water partition coefficient (Wildman–Crippen LogP) is 2.32. The molecule has 1 aromatic heterocycles. The second-order valence-corrected chi connectivity index (χ2v) is 5.43. The number of hydrogen-bond acceptors (Lipinski definition) is 4. The average Bonchev–Trinajstić information content (AvgIpc) is 3.29. The van der Waals surface area contributed by atoms with Crippen LogP contribution in [0, 0.1) is 5.92 Å². The monoisotopic (exact) mass is 314 g/mol. The highest BCUT2D eigenvalue weighted by Crippen LogP contribution is 2.30. The van der Waals surface area contributed by atoms with Crippen LogP contribution in [0.5, 0.6) is 5.75 Å². The zero-order valence-electron chi connectivity index (χ0n) is 12.6. The fourth-order valence-corrected chi connectivity index (χ4v) is 2.02. The Morgan fingerprint density at radius 2 is 1.96 bits per heavy atom. The summed E-state index contributed by atoms with van der Waals surface area (Å²) in [6.07, 6.45) is 3.50. The van der Waals surface area contributed by atoms with Crippen LogP contribution in [-0.2, 0) is 16.1 Å². The molecule has 120 valence electrons. The maximum atomic E-state index is 11.7. The van der Waals surface area contributed by atoms with Gasteiger partial charge in [0.25, 0.3) is 5.91 Å². The van der Waals surface area contributed by atoms with Gasteiger partial charge in [-0.15, -0.1) is 0 Å². The van der Waals surface area contributed by atoms with Gasteiger partial charge >= 0.3 is 0 Å². The van der Waals surface area contributed by atoms with E-state index >= 15 is 0 Å². The molecule has 2 N–H and O–H groups in total. The number of hydrogen-bond donors (Lipinski definition) is 2. The van der Waals surface area contributed by atoms with Crippen molar-refractivity contribution in [3.8, 4) is 5.75 Å². The second kappa shape index (κ2) is 7.00. The minimum absolute atomic E-state index is 0.0657. The van der Waals surface area contributed by atoms with Crippen LogP contribution in [0.3, 0.4) is 0 Å². The Labute approximate surface area is 133 Å². The van der Waals surface area contributed by atoms with Gasteiger partial charge in [0.05, 0.1) is 12.8 Å². The van der Waals surface area contributed by atoms with Crippen LogP contribution in [0.1, 0.15) is 18.6 Å². The summed E-state index contributed by atoms with van der Waals surface area (Å²) >= 11 is 0. The Morgan fingerprint density at radius 3 is 2.61 bits per heavy atom. The molecule has 23 heavy (non-hydrogen) atoms. The van der Waals surface area contributed by atoms with Crippen LogP contribution >= 0.6 is 0 Å². The zero-order valence-corrected chi connectivity index (χ0v) is 12.6. The van der Waals surface area contributed by atoms with Gasteiger partial charge in [-0.05, 0) is 49.2 Å². The van der Waals surface area contributed by atoms with Crippen molar-refractivity contribution < 1.29 is 18.7 Å². The van der Waals surface area contributed by atoms with Crippen LogP contribution in [0.4, 0.5) is 5.69 Å². The maximum absolute atomic E-state index is 11.7. The lowest BCUT2D eigenvalue weighted by Crippen LogP contribution is -2.28. The number of rotatable bonds is 7. The van der Waals surface area contributed by atoms with Gasteiger partial charge in [0.1, 0.15) is 11.5 Å². The van der Waals surface area contributed by atoms with Gasteiger partial charge in [-0.3, -0.25) is 9.59 Å². The highest BCUT2D eigenvalue weighted by molar-refractivity contribution is 5.94. The van der Waals surface area contributed by atoms with E-state index in [1.165, 1.54) is 0 Å². The average molecular weight is 314 g/mol. The van der Waals surface area contributed by atoms with Crippen molar-refractivity contribution in [2.75, 3.05) is 11.9 Å². The molecule has 1 fully saturated rings. The van der Waals surface area contributed by atoms with Crippen LogP contribution in [0.2, 0.25) is 0 Å². The van der Waals surface area contributed by atoms with E-state index in [0.717, 1.165) is 18.5 Å². The largest absolute Gasteiger partial charge is 0.484 e. The first kappa shape index (κ1) is 15.1. The molecule has 1 saturated carbocycles. The molecule has 1 aliphatic rings. The van der Waals surface area contributed by atoms with Crippen molar-refractivity contribution in [3.63, 3.8) is 0 Å². The minimum Gasteiger partial charge on any atom is -0.484 e. The molecule has 6 nitrogen and oxygen atoms in total. The fourth-order valence-electron chi connectivity index (χ4n) is 2.02. The topological polar surface area (TPSA) is 80.6 Å². The first-order valence-corrected chi connectivity index (χ1v) is 7.53. The third kappa shape index (κ3) is 4.60. The van der Waals surface area contributed by atoms with Gasteiger partial charge in [-0.25, -0.2) is 0 Å². The number of ether oxygens (including phenoxy) is 1. The molecule has 0 bridgehead atoms. The predicted molar refractivity (Wildman–Crippen MR) is 83.8 cm³/mol. The van der Waals surface area contributed by atoms with Crippen LogP contribution in [-0.4, -0.2) is 18.4 Å². The van der Waals surface area contributed by atoms with Crippen molar-refractivity contribution in [2.24, 2.45) is 5.92 Å². The maximum Gasteiger partial charge on any atom is 0.258 e. The van der Waals surface area contributed by atoms with Crippen LogP contribution < -0.4 is 15.4 Å². The SMILES string of the molecule is O=C(COc1ccc(NC(=O)C2CC2)cc1)NCc1ccco1. The Morgan fingerprint density at radius 1 is 1.17 bits per heavy atom. The van der Waals surface area contributed by atoms with Gasteiger partial charge in [0.2, 0.25) is 5.91 Å². The minimum atomic E-state index is -0.229. The normalized spacial score (nSPS) is 13.4. The molecule has 6 heteroatoms. The summed E-state index contributed by atoms with van der Waals surface area (Å²) in [6, 6.07) is 10.5. The van der Waals surface area contributed by atoms with E-state index in [9.17, 15) is 9.59 Å². The molecular weight excluding hydrogens is 296 g/mol. The summed E-state index contributed by atoms with van der Waals surface area (Å²) in [4.78, 5) is 23.3.